The van der Waals surface area contributed by atoms with Crippen molar-refractivity contribution >= 4 is 34.5 Å². The molecule has 0 amide bonds. The normalized spacial score (nSPS) is 13.1. The molecule has 0 saturated carbocycles. The fourth-order valence-corrected chi connectivity index (χ4v) is 3.67. The molecular formula is C25H21ClN2O3. The molecule has 3 aromatic rings. The number of ketones is 2. The van der Waals surface area contributed by atoms with Gasteiger partial charge in [-0.2, -0.15) is 0 Å². The number of hydrogen-bond acceptors (Lipinski definition) is 5. The molecule has 1 aliphatic carbocycles. The minimum atomic E-state index is -0.370. The van der Waals surface area contributed by atoms with Gasteiger partial charge in [-0.25, -0.2) is 0 Å². The number of carbonyl (C=O) groups is 2. The zero-order valence-corrected chi connectivity index (χ0v) is 17.9. The number of nitrogens with one attached hydrogen (secondary N) is 2. The van der Waals surface area contributed by atoms with Gasteiger partial charge in [0.05, 0.1) is 7.11 Å². The molecule has 4 rings (SSSR count). The minimum absolute atomic E-state index is 0.0675. The van der Waals surface area contributed by atoms with E-state index in [1.807, 2.05) is 43.3 Å². The summed E-state index contributed by atoms with van der Waals surface area (Å²) in [5.74, 6) is -0.0363. The summed E-state index contributed by atoms with van der Waals surface area (Å²) in [5, 5.41) is 6.26. The van der Waals surface area contributed by atoms with E-state index in [0.29, 0.717) is 29.1 Å². The number of aryl methyl sites for hydroxylation is 1. The molecular weight excluding hydrogens is 412 g/mol. The van der Waals surface area contributed by atoms with E-state index in [4.69, 9.17) is 16.3 Å². The van der Waals surface area contributed by atoms with Crippen LogP contribution >= 0.6 is 11.6 Å². The van der Waals surface area contributed by atoms with Crippen LogP contribution < -0.4 is 15.4 Å². The summed E-state index contributed by atoms with van der Waals surface area (Å²) in [4.78, 5) is 25.4. The Morgan fingerprint density at radius 2 is 1.52 bits per heavy atom. The summed E-state index contributed by atoms with van der Waals surface area (Å²) in [7, 11) is 1.59. The molecule has 5 nitrogen and oxygen atoms in total. The molecule has 31 heavy (non-hydrogen) atoms. The highest BCUT2D eigenvalue weighted by atomic mass is 35.5. The average Bonchev–Trinajstić information content (AvgIpc) is 2.80. The molecule has 0 fully saturated rings. The van der Waals surface area contributed by atoms with Crippen LogP contribution in [0, 0.1) is 6.92 Å². The van der Waals surface area contributed by atoms with Gasteiger partial charge in [0.1, 0.15) is 16.5 Å². The molecule has 0 spiro atoms. The lowest BCUT2D eigenvalue weighted by Crippen LogP contribution is -2.24. The Hall–Kier alpha value is -3.57. The van der Waals surface area contributed by atoms with Crippen molar-refractivity contribution < 1.29 is 14.3 Å². The molecule has 3 aromatic carbocycles. The first-order chi connectivity index (χ1) is 15.0. The molecule has 0 unspecified atom stereocenters. The molecule has 6 heteroatoms. The fourth-order valence-electron chi connectivity index (χ4n) is 3.44. The predicted octanol–water partition coefficient (Wildman–Crippen LogP) is 5.56. The van der Waals surface area contributed by atoms with Crippen molar-refractivity contribution in [3.63, 3.8) is 0 Å². The van der Waals surface area contributed by atoms with Crippen LogP contribution in [0.1, 0.15) is 31.8 Å². The molecule has 0 aliphatic heterocycles. The molecule has 156 valence electrons. The van der Waals surface area contributed by atoms with E-state index in [9.17, 15) is 9.59 Å². The third kappa shape index (κ3) is 4.18. The number of halogens is 1. The van der Waals surface area contributed by atoms with Crippen LogP contribution in [0.15, 0.2) is 77.5 Å². The van der Waals surface area contributed by atoms with Gasteiger partial charge in [-0.15, -0.1) is 0 Å². The lowest BCUT2D eigenvalue weighted by Gasteiger charge is -2.19. The van der Waals surface area contributed by atoms with Gasteiger partial charge in [0.15, 0.2) is 0 Å². The number of fused-ring (bicyclic) bond motifs is 1. The van der Waals surface area contributed by atoms with E-state index in [0.717, 1.165) is 11.3 Å². The van der Waals surface area contributed by atoms with Gasteiger partial charge in [-0.1, -0.05) is 59.6 Å². The van der Waals surface area contributed by atoms with Crippen LogP contribution in [0.4, 0.5) is 11.4 Å². The Morgan fingerprint density at radius 3 is 2.19 bits per heavy atom. The molecule has 0 saturated heterocycles. The summed E-state index contributed by atoms with van der Waals surface area (Å²) in [6, 6.07) is 20.3. The van der Waals surface area contributed by atoms with E-state index in [1.54, 1.807) is 37.4 Å². The maximum Gasteiger partial charge on any atom is 0.211 e. The fraction of sp³-hybridized carbons (Fsp3) is 0.120. The quantitative estimate of drug-likeness (QED) is 0.534. The average molecular weight is 433 g/mol. The predicted molar refractivity (Wildman–Crippen MR) is 123 cm³/mol. The largest absolute Gasteiger partial charge is 0.496 e. The highest BCUT2D eigenvalue weighted by molar-refractivity contribution is 6.50. The molecule has 0 heterocycles. The Morgan fingerprint density at radius 1 is 0.871 bits per heavy atom. The number of rotatable bonds is 6. The van der Waals surface area contributed by atoms with E-state index >= 15 is 0 Å². The molecule has 0 aromatic heterocycles. The monoisotopic (exact) mass is 432 g/mol. The number of hydrogen-bond donors (Lipinski definition) is 2. The van der Waals surface area contributed by atoms with Crippen molar-refractivity contribution in [2.45, 2.75) is 13.5 Å². The number of anilines is 2. The van der Waals surface area contributed by atoms with Crippen LogP contribution in [0.3, 0.4) is 0 Å². The summed E-state index contributed by atoms with van der Waals surface area (Å²) in [5.41, 5.74) is 4.48. The van der Waals surface area contributed by atoms with Crippen molar-refractivity contribution in [3.05, 3.63) is 99.7 Å². The lowest BCUT2D eigenvalue weighted by atomic mass is 9.92. The summed E-state index contributed by atoms with van der Waals surface area (Å²) >= 11 is 6.24. The van der Waals surface area contributed by atoms with E-state index in [1.165, 1.54) is 5.56 Å². The molecule has 0 radical (unpaired) electrons. The lowest BCUT2D eigenvalue weighted by molar-refractivity contribution is 0.0982. The Kier molecular flexibility index (Phi) is 5.78. The number of Topliss-reactive ketones (excluding diaryl/α,β-unsaturated/α-hetero) is 2. The molecule has 0 atom stereocenters. The van der Waals surface area contributed by atoms with Crippen molar-refractivity contribution in [1.82, 2.24) is 0 Å². The number of allylic oxidation sites excluding steroid dienone is 2. The van der Waals surface area contributed by atoms with Crippen LogP contribution in [0.5, 0.6) is 5.75 Å². The summed E-state index contributed by atoms with van der Waals surface area (Å²) in [6.45, 7) is 2.62. The van der Waals surface area contributed by atoms with Gasteiger partial charge in [-0.3, -0.25) is 9.59 Å². The SMILES string of the molecule is COc1cc(NC2=C(Cl)C(=O)c3ccccc3C2=O)ccc1CNc1ccc(C)cc1. The maximum absolute atomic E-state index is 12.9. The van der Waals surface area contributed by atoms with Crippen molar-refractivity contribution in [2.24, 2.45) is 0 Å². The standard InChI is InChI=1S/C25H21ClN2O3/c1-15-7-10-17(11-8-15)27-14-16-9-12-18(13-21(16)31-2)28-23-22(26)24(29)19-5-3-4-6-20(19)25(23)30/h3-13,27-28H,14H2,1-2H3. The van der Waals surface area contributed by atoms with Gasteiger partial charge in [0.25, 0.3) is 0 Å². The second kappa shape index (κ2) is 8.66. The highest BCUT2D eigenvalue weighted by Crippen LogP contribution is 2.31. The van der Waals surface area contributed by atoms with Gasteiger partial charge in [-0.05, 0) is 25.1 Å². The first-order valence-corrected chi connectivity index (χ1v) is 10.2. The van der Waals surface area contributed by atoms with Gasteiger partial charge >= 0.3 is 0 Å². The van der Waals surface area contributed by atoms with Crippen LogP contribution in [0.2, 0.25) is 0 Å². The Bertz CT molecular complexity index is 1200. The number of carbonyl (C=O) groups excluding carboxylic acids is 2. The molecule has 0 bridgehead atoms. The number of methoxy groups -OCH3 is 1. The molecule has 2 N–H and O–H groups in total. The zero-order chi connectivity index (χ0) is 22.0. The Labute approximate surface area is 185 Å². The Balaban J connectivity index is 1.55. The van der Waals surface area contributed by atoms with Gasteiger partial charge in [0, 0.05) is 40.7 Å². The first-order valence-electron chi connectivity index (χ1n) is 9.80. The van der Waals surface area contributed by atoms with Crippen LogP contribution in [-0.4, -0.2) is 18.7 Å². The second-order valence-electron chi connectivity index (χ2n) is 7.26. The van der Waals surface area contributed by atoms with Crippen molar-refractivity contribution in [3.8, 4) is 5.75 Å². The first kappa shape index (κ1) is 20.7. The highest BCUT2D eigenvalue weighted by Gasteiger charge is 2.31. The maximum atomic E-state index is 12.9. The smallest absolute Gasteiger partial charge is 0.211 e. The van der Waals surface area contributed by atoms with Crippen LogP contribution in [-0.2, 0) is 6.54 Å². The van der Waals surface area contributed by atoms with Gasteiger partial charge < -0.3 is 15.4 Å². The van der Waals surface area contributed by atoms with Gasteiger partial charge in [0.2, 0.25) is 11.6 Å². The number of benzene rings is 3. The van der Waals surface area contributed by atoms with Crippen LogP contribution in [0.25, 0.3) is 0 Å². The zero-order valence-electron chi connectivity index (χ0n) is 17.2. The van der Waals surface area contributed by atoms with Crippen molar-refractivity contribution in [1.29, 1.82) is 0 Å². The third-order valence-corrected chi connectivity index (χ3v) is 5.51. The van der Waals surface area contributed by atoms with E-state index < -0.39 is 0 Å². The topological polar surface area (TPSA) is 67.4 Å². The second-order valence-corrected chi connectivity index (χ2v) is 7.64. The minimum Gasteiger partial charge on any atom is -0.496 e. The summed E-state index contributed by atoms with van der Waals surface area (Å²) < 4.78 is 5.53. The third-order valence-electron chi connectivity index (χ3n) is 5.15. The van der Waals surface area contributed by atoms with Crippen molar-refractivity contribution in [2.75, 3.05) is 17.7 Å². The molecule has 1 aliphatic rings. The summed E-state index contributed by atoms with van der Waals surface area (Å²) in [6.07, 6.45) is 0. The van der Waals surface area contributed by atoms with E-state index in [2.05, 4.69) is 10.6 Å². The van der Waals surface area contributed by atoms with E-state index in [-0.39, 0.29) is 22.3 Å². The number of ether oxygens (including phenoxy) is 1.